The first-order chi connectivity index (χ1) is 13.3. The second-order valence-corrected chi connectivity index (χ2v) is 6.76. The highest BCUT2D eigenvalue weighted by Crippen LogP contribution is 2.29. The Morgan fingerprint density at radius 3 is 2.36 bits per heavy atom. The fourth-order valence-electron chi connectivity index (χ4n) is 2.13. The van der Waals surface area contributed by atoms with Crippen molar-refractivity contribution < 1.29 is 27.2 Å². The zero-order valence-corrected chi connectivity index (χ0v) is 15.8. The van der Waals surface area contributed by atoms with E-state index >= 15 is 0 Å². The van der Waals surface area contributed by atoms with Gasteiger partial charge in [0.2, 0.25) is 0 Å². The van der Waals surface area contributed by atoms with Gasteiger partial charge < -0.3 is 20.1 Å². The third kappa shape index (κ3) is 5.23. The van der Waals surface area contributed by atoms with Crippen molar-refractivity contribution in [1.82, 2.24) is 0 Å². The number of hydrogen-bond acceptors (Lipinski definition) is 7. The first kappa shape index (κ1) is 20.8. The van der Waals surface area contributed by atoms with E-state index in [1.807, 2.05) is 0 Å². The number of hydrogen-bond donors (Lipinski definition) is 3. The van der Waals surface area contributed by atoms with Crippen LogP contribution in [0.2, 0.25) is 0 Å². The van der Waals surface area contributed by atoms with Crippen molar-refractivity contribution in [3.63, 3.8) is 0 Å². The maximum absolute atomic E-state index is 12.4. The molecule has 9 nitrogen and oxygen atoms in total. The number of carbonyl (C=O) groups is 1. The SMILES string of the molecule is COc1ccc(OC)c(NC(=O)/C(C#N)=C\Nc2ccc(S(=O)(=O)O)cc2)c1. The van der Waals surface area contributed by atoms with Crippen LogP contribution in [0, 0.1) is 11.3 Å². The van der Waals surface area contributed by atoms with Crippen molar-refractivity contribution in [2.45, 2.75) is 4.90 Å². The molecule has 28 heavy (non-hydrogen) atoms. The quantitative estimate of drug-likeness (QED) is 0.364. The molecular weight excluding hydrogens is 386 g/mol. The molecule has 0 atom stereocenters. The molecule has 0 spiro atoms. The van der Waals surface area contributed by atoms with Gasteiger partial charge in [0, 0.05) is 18.0 Å². The molecule has 10 heteroatoms. The maximum atomic E-state index is 12.4. The third-order valence-electron chi connectivity index (χ3n) is 3.56. The van der Waals surface area contributed by atoms with Crippen molar-refractivity contribution in [2.75, 3.05) is 24.9 Å². The maximum Gasteiger partial charge on any atom is 0.294 e. The van der Waals surface area contributed by atoms with Crippen molar-refractivity contribution >= 4 is 27.4 Å². The summed E-state index contributed by atoms with van der Waals surface area (Å²) in [5, 5.41) is 14.5. The van der Waals surface area contributed by atoms with E-state index in [9.17, 15) is 18.5 Å². The number of ether oxygens (including phenoxy) is 2. The Kier molecular flexibility index (Phi) is 6.59. The molecule has 0 aromatic heterocycles. The van der Waals surface area contributed by atoms with Gasteiger partial charge in [-0.1, -0.05) is 0 Å². The number of anilines is 2. The van der Waals surface area contributed by atoms with Crippen LogP contribution in [0.5, 0.6) is 11.5 Å². The average molecular weight is 403 g/mol. The fraction of sp³-hybridized carbons (Fsp3) is 0.111. The predicted molar refractivity (Wildman–Crippen MR) is 102 cm³/mol. The van der Waals surface area contributed by atoms with E-state index in [0.29, 0.717) is 22.9 Å². The summed E-state index contributed by atoms with van der Waals surface area (Å²) in [6, 6.07) is 11.7. The van der Waals surface area contributed by atoms with Crippen molar-refractivity contribution in [3.05, 3.63) is 54.2 Å². The van der Waals surface area contributed by atoms with Crippen LogP contribution in [0.4, 0.5) is 11.4 Å². The second-order valence-electron chi connectivity index (χ2n) is 5.33. The number of rotatable bonds is 7. The van der Waals surface area contributed by atoms with E-state index in [0.717, 1.165) is 0 Å². The van der Waals surface area contributed by atoms with E-state index in [4.69, 9.17) is 14.0 Å². The molecular formula is C18H17N3O6S. The highest BCUT2D eigenvalue weighted by Gasteiger charge is 2.13. The molecule has 0 unspecified atom stereocenters. The summed E-state index contributed by atoms with van der Waals surface area (Å²) in [5.41, 5.74) is 0.501. The Labute approximate surface area is 161 Å². The topological polar surface area (TPSA) is 138 Å². The number of nitriles is 1. The normalized spacial score (nSPS) is 11.3. The number of nitrogens with one attached hydrogen (secondary N) is 2. The Morgan fingerprint density at radius 1 is 1.14 bits per heavy atom. The molecule has 2 aromatic rings. The highest BCUT2D eigenvalue weighted by molar-refractivity contribution is 7.85. The molecule has 0 aliphatic rings. The summed E-state index contributed by atoms with van der Waals surface area (Å²) in [5.74, 6) is 0.201. The third-order valence-corrected chi connectivity index (χ3v) is 4.42. The van der Waals surface area contributed by atoms with Crippen LogP contribution in [0.15, 0.2) is 59.1 Å². The lowest BCUT2D eigenvalue weighted by molar-refractivity contribution is -0.112. The Hall–Kier alpha value is -3.55. The lowest BCUT2D eigenvalue weighted by Crippen LogP contribution is -2.15. The monoisotopic (exact) mass is 403 g/mol. The van der Waals surface area contributed by atoms with Gasteiger partial charge in [-0.15, -0.1) is 0 Å². The molecule has 2 rings (SSSR count). The minimum Gasteiger partial charge on any atom is -0.497 e. The molecule has 0 aliphatic carbocycles. The second kappa shape index (κ2) is 8.90. The van der Waals surface area contributed by atoms with Gasteiger partial charge in [0.25, 0.3) is 16.0 Å². The smallest absolute Gasteiger partial charge is 0.294 e. The number of amides is 1. The summed E-state index contributed by atoms with van der Waals surface area (Å²) in [6.07, 6.45) is 1.17. The number of carbonyl (C=O) groups excluding carboxylic acids is 1. The van der Waals surface area contributed by atoms with Gasteiger partial charge in [0.1, 0.15) is 23.1 Å². The number of methoxy groups -OCH3 is 2. The zero-order valence-electron chi connectivity index (χ0n) is 15.0. The van der Waals surface area contributed by atoms with Crippen LogP contribution in [0.3, 0.4) is 0 Å². The Bertz CT molecular complexity index is 1040. The van der Waals surface area contributed by atoms with E-state index in [-0.39, 0.29) is 10.5 Å². The molecule has 1 amide bonds. The average Bonchev–Trinajstić information content (AvgIpc) is 2.68. The van der Waals surface area contributed by atoms with Crippen LogP contribution in [-0.2, 0) is 14.9 Å². The van der Waals surface area contributed by atoms with Gasteiger partial charge in [-0.3, -0.25) is 9.35 Å². The minimum atomic E-state index is -4.30. The van der Waals surface area contributed by atoms with Crippen LogP contribution >= 0.6 is 0 Å². The molecule has 0 radical (unpaired) electrons. The summed E-state index contributed by atoms with van der Waals surface area (Å²) in [4.78, 5) is 12.1. The van der Waals surface area contributed by atoms with E-state index in [2.05, 4.69) is 10.6 Å². The fourth-order valence-corrected chi connectivity index (χ4v) is 2.61. The minimum absolute atomic E-state index is 0.233. The molecule has 0 saturated carbocycles. The van der Waals surface area contributed by atoms with Crippen LogP contribution in [-0.4, -0.2) is 33.1 Å². The van der Waals surface area contributed by atoms with Crippen LogP contribution < -0.4 is 20.1 Å². The molecule has 0 bridgehead atoms. The van der Waals surface area contributed by atoms with Gasteiger partial charge in [0.15, 0.2) is 0 Å². The standard InChI is InChI=1S/C18H17N3O6S/c1-26-14-5-8-17(27-2)16(9-14)21-18(22)12(10-19)11-20-13-3-6-15(7-4-13)28(23,24)25/h3-9,11,20H,1-2H3,(H,21,22)(H,23,24,25)/b12-11-. The van der Waals surface area contributed by atoms with Crippen molar-refractivity contribution in [1.29, 1.82) is 5.26 Å². The van der Waals surface area contributed by atoms with Crippen molar-refractivity contribution in [2.24, 2.45) is 0 Å². The van der Waals surface area contributed by atoms with Gasteiger partial charge in [-0.2, -0.15) is 13.7 Å². The Balaban J connectivity index is 2.16. The van der Waals surface area contributed by atoms with Gasteiger partial charge in [0.05, 0.1) is 24.8 Å². The Morgan fingerprint density at radius 2 is 1.82 bits per heavy atom. The number of nitrogens with zero attached hydrogens (tertiary/aromatic N) is 1. The van der Waals surface area contributed by atoms with E-state index in [1.165, 1.54) is 44.7 Å². The van der Waals surface area contributed by atoms with Gasteiger partial charge in [-0.05, 0) is 36.4 Å². The van der Waals surface area contributed by atoms with Gasteiger partial charge >= 0.3 is 0 Å². The predicted octanol–water partition coefficient (Wildman–Crippen LogP) is 2.41. The zero-order chi connectivity index (χ0) is 20.7. The molecule has 0 heterocycles. The lowest BCUT2D eigenvalue weighted by Gasteiger charge is -2.11. The summed E-state index contributed by atoms with van der Waals surface area (Å²) in [7, 11) is -1.38. The summed E-state index contributed by atoms with van der Waals surface area (Å²) in [6.45, 7) is 0. The molecule has 3 N–H and O–H groups in total. The molecule has 146 valence electrons. The molecule has 2 aromatic carbocycles. The molecule has 0 fully saturated rings. The van der Waals surface area contributed by atoms with Crippen LogP contribution in [0.25, 0.3) is 0 Å². The van der Waals surface area contributed by atoms with E-state index < -0.39 is 16.0 Å². The first-order valence-corrected chi connectivity index (χ1v) is 9.20. The molecule has 0 aliphatic heterocycles. The summed E-state index contributed by atoms with van der Waals surface area (Å²) >= 11 is 0. The highest BCUT2D eigenvalue weighted by atomic mass is 32.2. The molecule has 0 saturated heterocycles. The first-order valence-electron chi connectivity index (χ1n) is 7.76. The largest absolute Gasteiger partial charge is 0.497 e. The van der Waals surface area contributed by atoms with Crippen LogP contribution in [0.1, 0.15) is 0 Å². The summed E-state index contributed by atoms with van der Waals surface area (Å²) < 4.78 is 41.3. The van der Waals surface area contributed by atoms with Crippen molar-refractivity contribution in [3.8, 4) is 17.6 Å². The van der Waals surface area contributed by atoms with Gasteiger partial charge in [-0.25, -0.2) is 0 Å². The lowest BCUT2D eigenvalue weighted by atomic mass is 10.2. The number of benzene rings is 2. The van der Waals surface area contributed by atoms with E-state index in [1.54, 1.807) is 24.3 Å².